The molecule has 2 aromatic heterocycles. The molecular weight excluding hydrogens is 402 g/mol. The highest BCUT2D eigenvalue weighted by molar-refractivity contribution is 6.31. The number of rotatable bonds is 4. The van der Waals surface area contributed by atoms with Crippen molar-refractivity contribution in [1.29, 1.82) is 0 Å². The number of ketones is 1. The van der Waals surface area contributed by atoms with Crippen molar-refractivity contribution in [3.05, 3.63) is 112 Å². The van der Waals surface area contributed by atoms with E-state index < -0.39 is 11.8 Å². The molecule has 4 rings (SSSR count). The molecular formula is C23H16ClN3O3. The Bertz CT molecular complexity index is 1280. The maximum atomic E-state index is 13.1. The zero-order valence-electron chi connectivity index (χ0n) is 15.7. The van der Waals surface area contributed by atoms with Gasteiger partial charge in [-0.25, -0.2) is 10.9 Å². The Balaban J connectivity index is 1.76. The first-order valence-corrected chi connectivity index (χ1v) is 9.44. The van der Waals surface area contributed by atoms with E-state index in [0.717, 1.165) is 0 Å². The molecule has 0 unspecified atom stereocenters. The van der Waals surface area contributed by atoms with E-state index in [1.165, 1.54) is 6.07 Å². The molecule has 0 aliphatic heterocycles. The van der Waals surface area contributed by atoms with Crippen LogP contribution >= 0.6 is 11.6 Å². The molecule has 0 aliphatic rings. The number of amides is 2. The summed E-state index contributed by atoms with van der Waals surface area (Å²) >= 11 is 6.01. The summed E-state index contributed by atoms with van der Waals surface area (Å²) in [5.74, 6) is 4.19. The first-order valence-electron chi connectivity index (χ1n) is 9.06. The van der Waals surface area contributed by atoms with Crippen molar-refractivity contribution in [2.45, 2.75) is 0 Å². The molecule has 148 valence electrons. The molecule has 7 heteroatoms. The summed E-state index contributed by atoms with van der Waals surface area (Å²) in [6.45, 7) is 0. The predicted octanol–water partition coefficient (Wildman–Crippen LogP) is 3.98. The summed E-state index contributed by atoms with van der Waals surface area (Å²) < 4.78 is 1.59. The number of nitrogens with two attached hydrogens (primary N) is 1. The van der Waals surface area contributed by atoms with Gasteiger partial charge in [0.25, 0.3) is 11.8 Å². The molecule has 2 N–H and O–H groups in total. The molecule has 0 bridgehead atoms. The van der Waals surface area contributed by atoms with Gasteiger partial charge in [0.15, 0.2) is 0 Å². The molecule has 0 atom stereocenters. The Morgan fingerprint density at radius 1 is 0.800 bits per heavy atom. The number of imide groups is 1. The second kappa shape index (κ2) is 7.94. The normalized spacial score (nSPS) is 10.7. The predicted molar refractivity (Wildman–Crippen MR) is 113 cm³/mol. The molecule has 30 heavy (non-hydrogen) atoms. The lowest BCUT2D eigenvalue weighted by molar-refractivity contribution is 0.0616. The van der Waals surface area contributed by atoms with Crippen LogP contribution in [-0.2, 0) is 0 Å². The van der Waals surface area contributed by atoms with Gasteiger partial charge in [-0.05, 0) is 42.5 Å². The second-order valence-electron chi connectivity index (χ2n) is 6.58. The summed E-state index contributed by atoms with van der Waals surface area (Å²) in [5, 5.41) is 0.991. The van der Waals surface area contributed by atoms with Crippen molar-refractivity contribution in [3.8, 4) is 0 Å². The fourth-order valence-electron chi connectivity index (χ4n) is 3.22. The van der Waals surface area contributed by atoms with E-state index in [4.69, 9.17) is 17.4 Å². The van der Waals surface area contributed by atoms with Crippen molar-refractivity contribution >= 4 is 34.7 Å². The molecule has 2 heterocycles. The van der Waals surface area contributed by atoms with Gasteiger partial charge in [0.05, 0.1) is 16.8 Å². The Morgan fingerprint density at radius 2 is 1.50 bits per heavy atom. The number of benzene rings is 2. The summed E-state index contributed by atoms with van der Waals surface area (Å²) in [5.41, 5.74) is 1.54. The summed E-state index contributed by atoms with van der Waals surface area (Å²) in [6.07, 6.45) is 1.67. The Hall–Kier alpha value is -3.74. The number of halogens is 1. The van der Waals surface area contributed by atoms with Crippen LogP contribution in [0.4, 0.5) is 0 Å². The van der Waals surface area contributed by atoms with Crippen molar-refractivity contribution in [1.82, 2.24) is 9.41 Å². The SMILES string of the molecule is NN(C(=O)c1ccccc1)C(=O)c1cc(C(=O)c2cccc(Cl)c2)n2ccccc12. The van der Waals surface area contributed by atoms with Crippen molar-refractivity contribution in [2.75, 3.05) is 0 Å². The monoisotopic (exact) mass is 417 g/mol. The smallest absolute Gasteiger partial charge is 0.277 e. The van der Waals surface area contributed by atoms with Crippen LogP contribution in [0.25, 0.3) is 5.52 Å². The van der Waals surface area contributed by atoms with E-state index in [1.54, 1.807) is 83.4 Å². The third-order valence-corrected chi connectivity index (χ3v) is 4.92. The van der Waals surface area contributed by atoms with Crippen LogP contribution in [0.1, 0.15) is 36.8 Å². The van der Waals surface area contributed by atoms with Gasteiger partial charge in [-0.15, -0.1) is 0 Å². The fraction of sp³-hybridized carbons (Fsp3) is 0. The maximum Gasteiger partial charge on any atom is 0.277 e. The Morgan fingerprint density at radius 3 is 2.23 bits per heavy atom. The minimum Gasteiger partial charge on any atom is -0.313 e. The number of hydrazine groups is 1. The number of pyridine rings is 1. The third-order valence-electron chi connectivity index (χ3n) is 4.68. The van der Waals surface area contributed by atoms with E-state index in [1.807, 2.05) is 0 Å². The van der Waals surface area contributed by atoms with Gasteiger partial charge < -0.3 is 4.40 Å². The highest BCUT2D eigenvalue weighted by Gasteiger charge is 2.26. The lowest BCUT2D eigenvalue weighted by atomic mass is 10.1. The average Bonchev–Trinajstić information content (AvgIpc) is 3.17. The van der Waals surface area contributed by atoms with Crippen LogP contribution in [-0.4, -0.2) is 27.0 Å². The van der Waals surface area contributed by atoms with Crippen LogP contribution in [0.15, 0.2) is 85.1 Å². The molecule has 0 saturated heterocycles. The highest BCUT2D eigenvalue weighted by Crippen LogP contribution is 2.22. The third kappa shape index (κ3) is 3.50. The van der Waals surface area contributed by atoms with Gasteiger partial charge in [0, 0.05) is 22.3 Å². The molecule has 0 saturated carbocycles. The second-order valence-corrected chi connectivity index (χ2v) is 7.02. The molecule has 2 aromatic carbocycles. The standard InChI is InChI=1S/C23H16ClN3O3/c24-17-10-6-9-16(13-17)21(28)20-14-18(19-11-4-5-12-26(19)20)23(30)27(25)22(29)15-7-2-1-3-8-15/h1-14H,25H2. The van der Waals surface area contributed by atoms with Gasteiger partial charge >= 0.3 is 0 Å². The van der Waals surface area contributed by atoms with Gasteiger partial charge in [0.1, 0.15) is 0 Å². The minimum atomic E-state index is -0.710. The largest absolute Gasteiger partial charge is 0.313 e. The molecule has 0 aliphatic carbocycles. The van der Waals surface area contributed by atoms with Gasteiger partial charge in [-0.2, -0.15) is 0 Å². The molecule has 6 nitrogen and oxygen atoms in total. The lowest BCUT2D eigenvalue weighted by Gasteiger charge is -2.14. The van der Waals surface area contributed by atoms with Gasteiger partial charge in [0.2, 0.25) is 5.78 Å². The maximum absolute atomic E-state index is 13.1. The van der Waals surface area contributed by atoms with Crippen LogP contribution in [0.3, 0.4) is 0 Å². The topological polar surface area (TPSA) is 84.9 Å². The summed E-state index contributed by atoms with van der Waals surface area (Å²) in [4.78, 5) is 38.7. The van der Waals surface area contributed by atoms with Crippen molar-refractivity contribution < 1.29 is 14.4 Å². The van der Waals surface area contributed by atoms with Crippen LogP contribution in [0, 0.1) is 0 Å². The van der Waals surface area contributed by atoms with Crippen LogP contribution in [0.2, 0.25) is 5.02 Å². The Kier molecular flexibility index (Phi) is 5.18. The molecule has 0 fully saturated rings. The van der Waals surface area contributed by atoms with E-state index >= 15 is 0 Å². The van der Waals surface area contributed by atoms with Crippen LogP contribution < -0.4 is 5.84 Å². The molecule has 0 radical (unpaired) electrons. The van der Waals surface area contributed by atoms with Crippen LogP contribution in [0.5, 0.6) is 0 Å². The van der Waals surface area contributed by atoms with Gasteiger partial charge in [-0.3, -0.25) is 14.4 Å². The fourth-order valence-corrected chi connectivity index (χ4v) is 3.41. The van der Waals surface area contributed by atoms with Crippen molar-refractivity contribution in [2.24, 2.45) is 5.84 Å². The summed E-state index contributed by atoms with van der Waals surface area (Å²) in [6, 6.07) is 21.4. The number of nitrogens with zero attached hydrogens (tertiary/aromatic N) is 2. The quantitative estimate of drug-likeness (QED) is 0.179. The number of carbonyl (C=O) groups is 3. The number of hydrogen-bond acceptors (Lipinski definition) is 4. The zero-order valence-corrected chi connectivity index (χ0v) is 16.4. The van der Waals surface area contributed by atoms with E-state index in [-0.39, 0.29) is 22.6 Å². The number of carbonyl (C=O) groups excluding carboxylic acids is 3. The van der Waals surface area contributed by atoms with E-state index in [0.29, 0.717) is 21.1 Å². The zero-order chi connectivity index (χ0) is 21.3. The average molecular weight is 418 g/mol. The van der Waals surface area contributed by atoms with E-state index in [9.17, 15) is 14.4 Å². The number of fused-ring (bicyclic) bond motifs is 1. The highest BCUT2D eigenvalue weighted by atomic mass is 35.5. The Labute approximate surface area is 177 Å². The van der Waals surface area contributed by atoms with Crippen molar-refractivity contribution in [3.63, 3.8) is 0 Å². The lowest BCUT2D eigenvalue weighted by Crippen LogP contribution is -2.42. The molecule has 2 amide bonds. The minimum absolute atomic E-state index is 0.146. The summed E-state index contributed by atoms with van der Waals surface area (Å²) in [7, 11) is 0. The van der Waals surface area contributed by atoms with Gasteiger partial charge in [-0.1, -0.05) is 48.0 Å². The molecule has 4 aromatic rings. The van der Waals surface area contributed by atoms with E-state index in [2.05, 4.69) is 0 Å². The first kappa shape index (κ1) is 19.6. The number of aromatic nitrogens is 1. The number of hydrogen-bond donors (Lipinski definition) is 1. The first-order chi connectivity index (χ1) is 14.5. The molecule has 0 spiro atoms.